The summed E-state index contributed by atoms with van der Waals surface area (Å²) in [6.45, 7) is 4.00. The highest BCUT2D eigenvalue weighted by Gasteiger charge is 2.15. The molecule has 0 saturated carbocycles. The summed E-state index contributed by atoms with van der Waals surface area (Å²) in [7, 11) is 0. The highest BCUT2D eigenvalue weighted by Crippen LogP contribution is 2.33. The van der Waals surface area contributed by atoms with Gasteiger partial charge in [0.05, 0.1) is 56.0 Å². The number of fused-ring (bicyclic) bond motifs is 6. The Morgan fingerprint density at radius 1 is 0.318 bits per heavy atom. The minimum Gasteiger partial charge on any atom is -0.423 e. The molecule has 0 atom stereocenters. The van der Waals surface area contributed by atoms with E-state index in [4.69, 9.17) is 29.4 Å². The molecule has 0 amide bonds. The molecular weight excluding hydrogens is 817 g/mol. The lowest BCUT2D eigenvalue weighted by atomic mass is 10.0. The van der Waals surface area contributed by atoms with Crippen LogP contribution in [0, 0.1) is 0 Å². The van der Waals surface area contributed by atoms with Crippen molar-refractivity contribution in [2.45, 2.75) is 13.8 Å². The first kappa shape index (κ1) is 41.1. The Morgan fingerprint density at radius 3 is 0.939 bits per heavy atom. The Balaban J connectivity index is 0.00000252. The maximum atomic E-state index is 13.0. The fraction of sp³-hybridized carbons (Fsp3) is 0.0345. The quantitative estimate of drug-likeness (QED) is 0.0845. The number of rotatable bonds is 8. The standard InChI is InChI=1S/C56H34N4O4.C2H6/c61-55(63-45-16-3-1-4-17-45)43-14-8-12-41(33-43)49-30-26-37-22-20-35-24-28-47(57-51(35)53(37)59-49)39-10-7-11-40(32-39)48-29-25-36-21-23-38-27-31-50(60-54(38)52(36)58-48)42-13-9-15-44(34-42)56(62)64-46-18-5-2-6-19-46;1-2/h1-34H;1-2H3. The van der Waals surface area contributed by atoms with E-state index < -0.39 is 11.9 Å². The molecule has 11 aromatic rings. The van der Waals surface area contributed by atoms with Gasteiger partial charge in [0.2, 0.25) is 0 Å². The molecule has 0 aliphatic rings. The Kier molecular flexibility index (Phi) is 11.3. The van der Waals surface area contributed by atoms with Crippen LogP contribution in [-0.4, -0.2) is 31.9 Å². The molecule has 0 fully saturated rings. The first-order valence-corrected chi connectivity index (χ1v) is 21.8. The van der Waals surface area contributed by atoms with Crippen LogP contribution in [0.5, 0.6) is 11.5 Å². The Hall–Kier alpha value is -8.88. The summed E-state index contributed by atoms with van der Waals surface area (Å²) in [6, 6.07) is 65.4. The van der Waals surface area contributed by atoms with E-state index in [0.29, 0.717) is 22.6 Å². The van der Waals surface area contributed by atoms with Crippen LogP contribution in [0.3, 0.4) is 0 Å². The molecule has 11 rings (SSSR count). The van der Waals surface area contributed by atoms with E-state index >= 15 is 0 Å². The van der Waals surface area contributed by atoms with Crippen molar-refractivity contribution in [2.75, 3.05) is 0 Å². The number of benzene rings is 7. The van der Waals surface area contributed by atoms with Gasteiger partial charge in [-0.25, -0.2) is 29.5 Å². The van der Waals surface area contributed by atoms with Crippen LogP contribution in [0.4, 0.5) is 0 Å². The Labute approximate surface area is 380 Å². The van der Waals surface area contributed by atoms with Crippen LogP contribution < -0.4 is 9.47 Å². The van der Waals surface area contributed by atoms with Crippen LogP contribution in [0.2, 0.25) is 0 Å². The van der Waals surface area contributed by atoms with E-state index in [1.807, 2.05) is 117 Å². The zero-order valence-electron chi connectivity index (χ0n) is 36.1. The number of aromatic nitrogens is 4. The van der Waals surface area contributed by atoms with Crippen LogP contribution in [-0.2, 0) is 0 Å². The van der Waals surface area contributed by atoms with Crippen molar-refractivity contribution in [2.24, 2.45) is 0 Å². The smallest absolute Gasteiger partial charge is 0.343 e. The lowest BCUT2D eigenvalue weighted by Crippen LogP contribution is -2.08. The number of pyridine rings is 4. The number of nitrogens with zero attached hydrogens (tertiary/aromatic N) is 4. The molecular formula is C58H40N4O4. The molecule has 0 bridgehead atoms. The van der Waals surface area contributed by atoms with Crippen molar-refractivity contribution in [3.63, 3.8) is 0 Å². The molecule has 8 nitrogen and oxygen atoms in total. The maximum absolute atomic E-state index is 13.0. The molecule has 0 saturated heterocycles. The summed E-state index contributed by atoms with van der Waals surface area (Å²) >= 11 is 0. The molecule has 4 heterocycles. The van der Waals surface area contributed by atoms with E-state index in [1.165, 1.54) is 0 Å². The highest BCUT2D eigenvalue weighted by molar-refractivity contribution is 6.06. The molecule has 0 N–H and O–H groups in total. The number of hydrogen-bond donors (Lipinski definition) is 0. The second kappa shape index (κ2) is 18.1. The number of carbonyl (C=O) groups is 2. The van der Waals surface area contributed by atoms with Crippen molar-refractivity contribution in [1.82, 2.24) is 19.9 Å². The average Bonchev–Trinajstić information content (AvgIpc) is 3.39. The fourth-order valence-corrected chi connectivity index (χ4v) is 7.94. The molecule has 4 aromatic heterocycles. The predicted molar refractivity (Wildman–Crippen MR) is 264 cm³/mol. The monoisotopic (exact) mass is 856 g/mol. The van der Waals surface area contributed by atoms with Crippen molar-refractivity contribution in [3.8, 4) is 56.5 Å². The molecule has 0 aliphatic carbocycles. The third-order valence-corrected chi connectivity index (χ3v) is 11.2. The summed E-state index contributed by atoms with van der Waals surface area (Å²) < 4.78 is 11.2. The van der Waals surface area contributed by atoms with Gasteiger partial charge in [-0.15, -0.1) is 0 Å². The largest absolute Gasteiger partial charge is 0.423 e. The van der Waals surface area contributed by atoms with E-state index in [2.05, 4.69) is 54.6 Å². The number of para-hydroxylation sites is 2. The molecule has 8 heteroatoms. The minimum atomic E-state index is -0.436. The third kappa shape index (κ3) is 8.34. The summed E-state index contributed by atoms with van der Waals surface area (Å²) in [5.41, 5.74) is 10.4. The van der Waals surface area contributed by atoms with Gasteiger partial charge in [-0.05, 0) is 78.9 Å². The lowest BCUT2D eigenvalue weighted by molar-refractivity contribution is 0.0725. The van der Waals surface area contributed by atoms with Gasteiger partial charge in [-0.1, -0.05) is 141 Å². The van der Waals surface area contributed by atoms with Crippen molar-refractivity contribution in [1.29, 1.82) is 0 Å². The Morgan fingerprint density at radius 2 is 0.606 bits per heavy atom. The van der Waals surface area contributed by atoms with Gasteiger partial charge in [-0.3, -0.25) is 0 Å². The number of ether oxygens (including phenoxy) is 2. The first-order chi connectivity index (χ1) is 32.5. The number of hydrogen-bond acceptors (Lipinski definition) is 8. The highest BCUT2D eigenvalue weighted by atomic mass is 16.5. The van der Waals surface area contributed by atoms with E-state index in [-0.39, 0.29) is 0 Å². The van der Waals surface area contributed by atoms with Crippen molar-refractivity contribution < 1.29 is 19.1 Å². The van der Waals surface area contributed by atoms with Gasteiger partial charge >= 0.3 is 11.9 Å². The normalized spacial score (nSPS) is 11.0. The lowest BCUT2D eigenvalue weighted by Gasteiger charge is -2.11. The predicted octanol–water partition coefficient (Wildman–Crippen LogP) is 14.0. The minimum absolute atomic E-state index is 0.433. The van der Waals surface area contributed by atoms with Gasteiger partial charge in [-0.2, -0.15) is 0 Å². The zero-order valence-corrected chi connectivity index (χ0v) is 36.1. The van der Waals surface area contributed by atoms with Crippen LogP contribution in [0.15, 0.2) is 206 Å². The molecule has 7 aromatic carbocycles. The maximum Gasteiger partial charge on any atom is 0.343 e. The molecule has 0 radical (unpaired) electrons. The summed E-state index contributed by atoms with van der Waals surface area (Å²) in [6.07, 6.45) is 0. The van der Waals surface area contributed by atoms with Gasteiger partial charge in [0.15, 0.2) is 0 Å². The Bertz CT molecular complexity index is 3380. The fourth-order valence-electron chi connectivity index (χ4n) is 7.94. The first-order valence-electron chi connectivity index (χ1n) is 21.8. The van der Waals surface area contributed by atoms with Gasteiger partial charge in [0.25, 0.3) is 0 Å². The molecule has 0 spiro atoms. The van der Waals surface area contributed by atoms with Crippen LogP contribution >= 0.6 is 0 Å². The molecule has 0 unspecified atom stereocenters. The summed E-state index contributed by atoms with van der Waals surface area (Å²) in [5.74, 6) is 0.0989. The SMILES string of the molecule is CC.O=C(Oc1ccccc1)c1cccc(-c2ccc3ccc4ccc(-c5cccc(-c6ccc7ccc8ccc(-c9cccc(C(=O)Oc%10ccccc%10)c9)nc8c7n6)c5)nc4c3n2)c1. The van der Waals surface area contributed by atoms with E-state index in [9.17, 15) is 9.59 Å². The number of esters is 2. The molecule has 66 heavy (non-hydrogen) atoms. The summed E-state index contributed by atoms with van der Waals surface area (Å²) in [4.78, 5) is 46.7. The molecule has 0 aliphatic heterocycles. The average molecular weight is 857 g/mol. The topological polar surface area (TPSA) is 104 Å². The van der Waals surface area contributed by atoms with Gasteiger partial charge in [0, 0.05) is 43.8 Å². The third-order valence-electron chi connectivity index (χ3n) is 11.2. The van der Waals surface area contributed by atoms with E-state index in [0.717, 1.165) is 88.6 Å². The van der Waals surface area contributed by atoms with Crippen molar-refractivity contribution >= 4 is 55.6 Å². The van der Waals surface area contributed by atoms with Crippen LogP contribution in [0.1, 0.15) is 34.6 Å². The zero-order chi connectivity index (χ0) is 45.0. The van der Waals surface area contributed by atoms with Gasteiger partial charge in [0.1, 0.15) is 11.5 Å². The second-order valence-corrected chi connectivity index (χ2v) is 15.4. The van der Waals surface area contributed by atoms with Gasteiger partial charge < -0.3 is 9.47 Å². The second-order valence-electron chi connectivity index (χ2n) is 15.4. The molecule has 316 valence electrons. The van der Waals surface area contributed by atoms with Crippen molar-refractivity contribution in [3.05, 3.63) is 217 Å². The van der Waals surface area contributed by atoms with E-state index in [1.54, 1.807) is 48.5 Å². The van der Waals surface area contributed by atoms with Crippen LogP contribution in [0.25, 0.3) is 88.6 Å². The summed E-state index contributed by atoms with van der Waals surface area (Å²) in [5, 5.41) is 3.84. The number of carbonyl (C=O) groups excluding carboxylic acids is 2.